The van der Waals surface area contributed by atoms with E-state index in [-0.39, 0.29) is 0 Å². The van der Waals surface area contributed by atoms with E-state index in [1.807, 2.05) is 0 Å². The average molecular weight is 190 g/mol. The summed E-state index contributed by atoms with van der Waals surface area (Å²) in [6.45, 7) is 7.41. The molecule has 3 rings (SSSR count). The van der Waals surface area contributed by atoms with Gasteiger partial charge in [-0.05, 0) is 55.3 Å². The van der Waals surface area contributed by atoms with Gasteiger partial charge in [0.2, 0.25) is 0 Å². The maximum Gasteiger partial charge on any atom is -0.0146 e. The quantitative estimate of drug-likeness (QED) is 0.503. The van der Waals surface area contributed by atoms with E-state index < -0.39 is 0 Å². The van der Waals surface area contributed by atoms with Crippen molar-refractivity contribution in [1.82, 2.24) is 0 Å². The fourth-order valence-electron chi connectivity index (χ4n) is 5.04. The SMILES string of the molecule is CC1=CC[C@@]23CCC[C@@H]2C(C)(C)[C@@H]1C3. The number of hydrogen-bond donors (Lipinski definition) is 0. The third-order valence-corrected chi connectivity index (χ3v) is 5.69. The largest absolute Gasteiger partial charge is 0.0847 e. The van der Waals surface area contributed by atoms with Crippen molar-refractivity contribution in [3.63, 3.8) is 0 Å². The zero-order valence-electron chi connectivity index (χ0n) is 9.77. The molecule has 78 valence electrons. The maximum atomic E-state index is 2.56. The molecule has 0 aromatic carbocycles. The second-order valence-corrected chi connectivity index (χ2v) is 6.54. The highest BCUT2D eigenvalue weighted by atomic mass is 14.6. The van der Waals surface area contributed by atoms with Crippen LogP contribution in [-0.2, 0) is 0 Å². The molecule has 0 amide bonds. The van der Waals surface area contributed by atoms with Crippen LogP contribution in [0.15, 0.2) is 11.6 Å². The Morgan fingerprint density at radius 2 is 2.14 bits per heavy atom. The third-order valence-electron chi connectivity index (χ3n) is 5.69. The van der Waals surface area contributed by atoms with E-state index in [9.17, 15) is 0 Å². The van der Waals surface area contributed by atoms with Crippen LogP contribution >= 0.6 is 0 Å². The van der Waals surface area contributed by atoms with Gasteiger partial charge in [-0.25, -0.2) is 0 Å². The third kappa shape index (κ3) is 0.857. The summed E-state index contributed by atoms with van der Waals surface area (Å²) >= 11 is 0. The summed E-state index contributed by atoms with van der Waals surface area (Å²) < 4.78 is 0. The molecule has 1 spiro atoms. The Balaban J connectivity index is 2.09. The van der Waals surface area contributed by atoms with Gasteiger partial charge < -0.3 is 0 Å². The van der Waals surface area contributed by atoms with Crippen molar-refractivity contribution in [1.29, 1.82) is 0 Å². The van der Waals surface area contributed by atoms with Crippen molar-refractivity contribution in [2.75, 3.05) is 0 Å². The predicted molar refractivity (Wildman–Crippen MR) is 60.0 cm³/mol. The Bertz CT molecular complexity index is 297. The number of fused-ring (bicyclic) bond motifs is 1. The highest BCUT2D eigenvalue weighted by molar-refractivity contribution is 5.24. The van der Waals surface area contributed by atoms with E-state index in [1.54, 1.807) is 5.57 Å². The molecule has 2 fully saturated rings. The molecular formula is C14H22. The number of hydrogen-bond acceptors (Lipinski definition) is 0. The Morgan fingerprint density at radius 1 is 1.36 bits per heavy atom. The highest BCUT2D eigenvalue weighted by Crippen LogP contribution is 2.69. The first kappa shape index (κ1) is 9.00. The molecule has 14 heavy (non-hydrogen) atoms. The Morgan fingerprint density at radius 3 is 2.93 bits per heavy atom. The Hall–Kier alpha value is -0.260. The molecule has 3 atom stereocenters. The second kappa shape index (κ2) is 2.46. The molecule has 0 N–H and O–H groups in total. The molecule has 2 bridgehead atoms. The first-order chi connectivity index (χ1) is 6.56. The molecule has 0 nitrogen and oxygen atoms in total. The summed E-state index contributed by atoms with van der Waals surface area (Å²) in [7, 11) is 0. The van der Waals surface area contributed by atoms with Gasteiger partial charge >= 0.3 is 0 Å². The minimum atomic E-state index is 0.591. The Kier molecular flexibility index (Phi) is 1.58. The molecule has 0 heteroatoms. The van der Waals surface area contributed by atoms with Crippen LogP contribution < -0.4 is 0 Å². The molecule has 0 unspecified atom stereocenters. The van der Waals surface area contributed by atoms with Gasteiger partial charge in [-0.3, -0.25) is 0 Å². The normalized spacial score (nSPS) is 48.9. The van der Waals surface area contributed by atoms with Crippen molar-refractivity contribution in [2.45, 2.75) is 52.9 Å². The van der Waals surface area contributed by atoms with Crippen molar-refractivity contribution in [3.8, 4) is 0 Å². The number of allylic oxidation sites excluding steroid dienone is 2. The van der Waals surface area contributed by atoms with Crippen LogP contribution in [0, 0.1) is 22.7 Å². The number of rotatable bonds is 0. The van der Waals surface area contributed by atoms with Crippen LogP contribution in [0.1, 0.15) is 52.9 Å². The van der Waals surface area contributed by atoms with Crippen molar-refractivity contribution in [2.24, 2.45) is 22.7 Å². The molecule has 0 aliphatic heterocycles. The van der Waals surface area contributed by atoms with Gasteiger partial charge in [0, 0.05) is 0 Å². The lowest BCUT2D eigenvalue weighted by Gasteiger charge is -2.33. The van der Waals surface area contributed by atoms with Gasteiger partial charge in [0.1, 0.15) is 0 Å². The smallest absolute Gasteiger partial charge is 0.0146 e. The molecule has 0 radical (unpaired) electrons. The monoisotopic (exact) mass is 190 g/mol. The average Bonchev–Trinajstić information content (AvgIpc) is 2.59. The van der Waals surface area contributed by atoms with Crippen LogP contribution in [0.25, 0.3) is 0 Å². The molecular weight excluding hydrogens is 168 g/mol. The summed E-state index contributed by atoms with van der Waals surface area (Å²) in [5, 5.41) is 0. The van der Waals surface area contributed by atoms with E-state index in [0.717, 1.165) is 17.3 Å². The van der Waals surface area contributed by atoms with Crippen LogP contribution in [0.2, 0.25) is 0 Å². The maximum absolute atomic E-state index is 2.56. The molecule has 3 aliphatic rings. The zero-order valence-corrected chi connectivity index (χ0v) is 9.77. The van der Waals surface area contributed by atoms with Gasteiger partial charge in [-0.15, -0.1) is 0 Å². The topological polar surface area (TPSA) is 0 Å². The van der Waals surface area contributed by atoms with E-state index >= 15 is 0 Å². The Labute approximate surface area is 87.8 Å². The van der Waals surface area contributed by atoms with Crippen LogP contribution in [0.5, 0.6) is 0 Å². The minimum absolute atomic E-state index is 0.591. The van der Waals surface area contributed by atoms with Crippen LogP contribution in [-0.4, -0.2) is 0 Å². The van der Waals surface area contributed by atoms with Gasteiger partial charge in [-0.1, -0.05) is 31.9 Å². The van der Waals surface area contributed by atoms with E-state index in [2.05, 4.69) is 26.8 Å². The molecule has 0 aromatic heterocycles. The van der Waals surface area contributed by atoms with Crippen molar-refractivity contribution >= 4 is 0 Å². The fourth-order valence-corrected chi connectivity index (χ4v) is 5.04. The lowest BCUT2D eigenvalue weighted by Crippen LogP contribution is -2.27. The molecule has 0 aromatic rings. The van der Waals surface area contributed by atoms with Gasteiger partial charge in [0.15, 0.2) is 0 Å². The zero-order chi connectivity index (χ0) is 9.97. The van der Waals surface area contributed by atoms with Gasteiger partial charge in [0.25, 0.3) is 0 Å². The molecule has 0 heterocycles. The predicted octanol–water partition coefficient (Wildman–Crippen LogP) is 4.17. The fraction of sp³-hybridized carbons (Fsp3) is 0.857. The summed E-state index contributed by atoms with van der Waals surface area (Å²) in [4.78, 5) is 0. The van der Waals surface area contributed by atoms with Gasteiger partial charge in [-0.2, -0.15) is 0 Å². The first-order valence-electron chi connectivity index (χ1n) is 6.23. The molecule has 0 saturated heterocycles. The summed E-state index contributed by atoms with van der Waals surface area (Å²) in [6, 6.07) is 0. The van der Waals surface area contributed by atoms with Gasteiger partial charge in [0.05, 0.1) is 0 Å². The summed E-state index contributed by atoms with van der Waals surface area (Å²) in [6.07, 6.45) is 9.97. The van der Waals surface area contributed by atoms with Crippen LogP contribution in [0.3, 0.4) is 0 Å². The van der Waals surface area contributed by atoms with Crippen molar-refractivity contribution in [3.05, 3.63) is 11.6 Å². The second-order valence-electron chi connectivity index (χ2n) is 6.54. The molecule has 3 aliphatic carbocycles. The lowest BCUT2D eigenvalue weighted by molar-refractivity contribution is 0.157. The lowest BCUT2D eigenvalue weighted by atomic mass is 9.71. The highest BCUT2D eigenvalue weighted by Gasteiger charge is 2.60. The summed E-state index contributed by atoms with van der Waals surface area (Å²) in [5.74, 6) is 1.93. The van der Waals surface area contributed by atoms with Crippen molar-refractivity contribution < 1.29 is 0 Å². The van der Waals surface area contributed by atoms with E-state index in [4.69, 9.17) is 0 Å². The van der Waals surface area contributed by atoms with E-state index in [1.165, 1.54) is 32.1 Å². The van der Waals surface area contributed by atoms with E-state index in [0.29, 0.717) is 5.41 Å². The molecule has 2 saturated carbocycles. The van der Waals surface area contributed by atoms with Crippen LogP contribution in [0.4, 0.5) is 0 Å². The first-order valence-corrected chi connectivity index (χ1v) is 6.23. The summed E-state index contributed by atoms with van der Waals surface area (Å²) in [5.41, 5.74) is 3.02. The minimum Gasteiger partial charge on any atom is -0.0847 e. The standard InChI is InChI=1S/C14H22/c1-10-6-8-14-7-4-5-12(14)13(2,3)11(10)9-14/h6,11-12H,4-5,7-9H2,1-3H3/t11-,12-,14-/m1/s1.